The van der Waals surface area contributed by atoms with Gasteiger partial charge in [-0.3, -0.25) is 0 Å². The monoisotopic (exact) mass is 434 g/mol. The second-order valence-electron chi connectivity index (χ2n) is 6.31. The molecule has 4 aromatic rings. The van der Waals surface area contributed by atoms with E-state index in [4.69, 9.17) is 16.0 Å². The van der Waals surface area contributed by atoms with Crippen LogP contribution in [-0.4, -0.2) is 11.0 Å². The maximum atomic E-state index is 10.9. The van der Waals surface area contributed by atoms with Crippen LogP contribution in [0.1, 0.15) is 21.5 Å². The number of furan rings is 1. The predicted molar refractivity (Wildman–Crippen MR) is 113 cm³/mol. The van der Waals surface area contributed by atoms with Crippen LogP contribution in [-0.2, 0) is 6.54 Å². The van der Waals surface area contributed by atoms with Gasteiger partial charge in [0.05, 0.1) is 27.1 Å². The van der Waals surface area contributed by atoms with Gasteiger partial charge in [-0.2, -0.15) is 5.26 Å². The predicted octanol–water partition coefficient (Wildman–Crippen LogP) is 4.57. The zero-order chi connectivity index (χ0) is 21.1. The van der Waals surface area contributed by atoms with Crippen LogP contribution >= 0.6 is 22.9 Å². The number of carbonyl (C=O) groups excluding carboxylic acids is 1. The number of aromatic nitrogens is 1. The molecule has 0 amide bonds. The Labute approximate surface area is 181 Å². The van der Waals surface area contributed by atoms with Gasteiger partial charge in [0.15, 0.2) is 0 Å². The van der Waals surface area contributed by atoms with Crippen molar-refractivity contribution in [3.05, 3.63) is 81.9 Å². The van der Waals surface area contributed by atoms with Crippen LogP contribution in [0.4, 0.5) is 5.82 Å². The molecule has 0 bridgehead atoms. The smallest absolute Gasteiger partial charge is 0.145 e. The van der Waals surface area contributed by atoms with Crippen molar-refractivity contribution in [1.29, 1.82) is 5.26 Å². The van der Waals surface area contributed by atoms with E-state index in [1.807, 2.05) is 6.07 Å². The van der Waals surface area contributed by atoms with Crippen LogP contribution in [0.25, 0.3) is 21.9 Å². The Hall–Kier alpha value is -3.60. The first-order valence-corrected chi connectivity index (χ1v) is 10.0. The van der Waals surface area contributed by atoms with E-state index in [0.717, 1.165) is 10.4 Å². The molecule has 0 fully saturated rings. The molecule has 0 spiro atoms. The summed E-state index contributed by atoms with van der Waals surface area (Å²) in [5, 5.41) is 23.9. The molecule has 30 heavy (non-hydrogen) atoms. The molecular formula is C22H13ClN3O3S-. The Morgan fingerprint density at radius 1 is 1.23 bits per heavy atom. The summed E-state index contributed by atoms with van der Waals surface area (Å²) in [4.78, 5) is 16.4. The molecule has 1 N–H and O–H groups in total. The molecular weight excluding hydrogens is 422 g/mol. The number of anilines is 1. The molecule has 0 aliphatic heterocycles. The summed E-state index contributed by atoms with van der Waals surface area (Å²) in [5.41, 5.74) is 2.56. The van der Waals surface area contributed by atoms with Crippen molar-refractivity contribution in [2.45, 2.75) is 6.54 Å². The summed E-state index contributed by atoms with van der Waals surface area (Å²) >= 11 is 7.47. The minimum atomic E-state index is -1.23. The molecule has 0 saturated heterocycles. The van der Waals surface area contributed by atoms with Gasteiger partial charge in [0, 0.05) is 12.1 Å². The van der Waals surface area contributed by atoms with E-state index in [1.54, 1.807) is 42.7 Å². The van der Waals surface area contributed by atoms with E-state index >= 15 is 0 Å². The fourth-order valence-electron chi connectivity index (χ4n) is 2.93. The van der Waals surface area contributed by atoms with Crippen LogP contribution in [0.3, 0.4) is 0 Å². The standard InChI is InChI=1S/C22H14ClN3O3S/c23-20-8-7-19(30-20)17-10-15(18-2-1-9-29-18)16(11-24)21(26-17)25-12-13-3-5-14(6-4-13)22(27)28/h1-10H,12H2,(H,25,26)(H,27,28)/p-1. The number of nitriles is 1. The highest BCUT2D eigenvalue weighted by molar-refractivity contribution is 7.19. The minimum absolute atomic E-state index is 0.103. The van der Waals surface area contributed by atoms with E-state index in [2.05, 4.69) is 16.4 Å². The van der Waals surface area contributed by atoms with Crippen LogP contribution in [0.15, 0.2) is 65.3 Å². The molecule has 0 unspecified atom stereocenters. The number of pyridine rings is 1. The van der Waals surface area contributed by atoms with Crippen molar-refractivity contribution in [2.24, 2.45) is 0 Å². The number of nitrogens with zero attached hydrogens (tertiary/aromatic N) is 2. The number of carboxylic acid groups (broad SMARTS) is 1. The summed E-state index contributed by atoms with van der Waals surface area (Å²) < 4.78 is 6.16. The van der Waals surface area contributed by atoms with Gasteiger partial charge in [-0.15, -0.1) is 11.3 Å². The Morgan fingerprint density at radius 3 is 2.63 bits per heavy atom. The van der Waals surface area contributed by atoms with Gasteiger partial charge in [0.2, 0.25) is 0 Å². The second kappa shape index (κ2) is 8.41. The zero-order valence-electron chi connectivity index (χ0n) is 15.4. The van der Waals surface area contributed by atoms with Crippen LogP contribution in [0, 0.1) is 11.3 Å². The summed E-state index contributed by atoms with van der Waals surface area (Å²) in [5.74, 6) is -0.276. The molecule has 3 aromatic heterocycles. The minimum Gasteiger partial charge on any atom is -0.545 e. The number of rotatable bonds is 6. The first-order chi connectivity index (χ1) is 14.5. The largest absolute Gasteiger partial charge is 0.545 e. The number of benzene rings is 1. The van der Waals surface area contributed by atoms with E-state index in [0.29, 0.717) is 39.3 Å². The number of carboxylic acids is 1. The van der Waals surface area contributed by atoms with E-state index < -0.39 is 5.97 Å². The molecule has 3 heterocycles. The Morgan fingerprint density at radius 2 is 2.03 bits per heavy atom. The number of hydrogen-bond acceptors (Lipinski definition) is 7. The van der Waals surface area contributed by atoms with Crippen molar-refractivity contribution in [1.82, 2.24) is 4.98 Å². The molecule has 0 saturated carbocycles. The third kappa shape index (κ3) is 4.06. The summed E-state index contributed by atoms with van der Waals surface area (Å²) in [6.07, 6.45) is 1.55. The topological polar surface area (TPSA) is 102 Å². The summed E-state index contributed by atoms with van der Waals surface area (Å²) in [6, 6.07) is 17.5. The van der Waals surface area contributed by atoms with Gasteiger partial charge in [-0.25, -0.2) is 4.98 Å². The Balaban J connectivity index is 1.72. The van der Waals surface area contributed by atoms with Crippen molar-refractivity contribution in [3.8, 4) is 28.0 Å². The molecule has 0 aliphatic rings. The highest BCUT2D eigenvalue weighted by Gasteiger charge is 2.17. The average Bonchev–Trinajstić information content (AvgIpc) is 3.44. The normalized spacial score (nSPS) is 10.5. The zero-order valence-corrected chi connectivity index (χ0v) is 17.0. The first-order valence-electron chi connectivity index (χ1n) is 8.84. The molecule has 4 rings (SSSR count). The van der Waals surface area contributed by atoms with Crippen molar-refractivity contribution in [3.63, 3.8) is 0 Å². The Kier molecular flexibility index (Phi) is 5.53. The number of nitrogens with one attached hydrogen (secondary N) is 1. The van der Waals surface area contributed by atoms with E-state index in [-0.39, 0.29) is 5.56 Å². The first kappa shape index (κ1) is 19.7. The Bertz CT molecular complexity index is 1240. The van der Waals surface area contributed by atoms with Gasteiger partial charge in [0.1, 0.15) is 23.2 Å². The number of carbonyl (C=O) groups is 1. The third-order valence-electron chi connectivity index (χ3n) is 4.39. The van der Waals surface area contributed by atoms with Gasteiger partial charge < -0.3 is 19.6 Å². The number of thiophene rings is 1. The van der Waals surface area contributed by atoms with Crippen molar-refractivity contribution < 1.29 is 14.3 Å². The SMILES string of the molecule is N#Cc1c(-c2ccco2)cc(-c2ccc(Cl)s2)nc1NCc1ccc(C(=O)[O-])cc1. The molecule has 148 valence electrons. The molecule has 1 aromatic carbocycles. The average molecular weight is 435 g/mol. The lowest BCUT2D eigenvalue weighted by atomic mass is 10.1. The quantitative estimate of drug-likeness (QED) is 0.477. The fourth-order valence-corrected chi connectivity index (χ4v) is 3.94. The lowest BCUT2D eigenvalue weighted by molar-refractivity contribution is -0.255. The highest BCUT2D eigenvalue weighted by Crippen LogP contribution is 2.36. The molecule has 6 nitrogen and oxygen atoms in total. The number of aromatic carboxylic acids is 1. The lowest BCUT2D eigenvalue weighted by Crippen LogP contribution is -2.22. The van der Waals surface area contributed by atoms with Gasteiger partial charge >= 0.3 is 0 Å². The molecule has 8 heteroatoms. The molecule has 0 radical (unpaired) electrons. The van der Waals surface area contributed by atoms with Crippen LogP contribution < -0.4 is 10.4 Å². The number of halogens is 1. The summed E-state index contributed by atoms with van der Waals surface area (Å²) in [7, 11) is 0. The van der Waals surface area contributed by atoms with Crippen molar-refractivity contribution in [2.75, 3.05) is 5.32 Å². The second-order valence-corrected chi connectivity index (χ2v) is 8.02. The lowest BCUT2D eigenvalue weighted by Gasteiger charge is -2.13. The fraction of sp³-hybridized carbons (Fsp3) is 0.0455. The van der Waals surface area contributed by atoms with Crippen LogP contribution in [0.2, 0.25) is 4.34 Å². The van der Waals surface area contributed by atoms with Gasteiger partial charge in [-0.1, -0.05) is 35.9 Å². The third-order valence-corrected chi connectivity index (χ3v) is 5.65. The summed E-state index contributed by atoms with van der Waals surface area (Å²) in [6.45, 7) is 0.348. The van der Waals surface area contributed by atoms with Gasteiger partial charge in [0.25, 0.3) is 0 Å². The maximum absolute atomic E-state index is 10.9. The van der Waals surface area contributed by atoms with E-state index in [1.165, 1.54) is 23.5 Å². The highest BCUT2D eigenvalue weighted by atomic mass is 35.5. The van der Waals surface area contributed by atoms with Crippen LogP contribution in [0.5, 0.6) is 0 Å². The van der Waals surface area contributed by atoms with Gasteiger partial charge in [-0.05, 0) is 41.5 Å². The molecule has 0 aliphatic carbocycles. The van der Waals surface area contributed by atoms with E-state index in [9.17, 15) is 15.2 Å². The number of hydrogen-bond donors (Lipinski definition) is 1. The molecule has 0 atom stereocenters. The maximum Gasteiger partial charge on any atom is 0.145 e. The van der Waals surface area contributed by atoms with Crippen molar-refractivity contribution >= 4 is 34.7 Å².